The third-order valence-corrected chi connectivity index (χ3v) is 7.39. The Balaban J connectivity index is 1.59. The van der Waals surface area contributed by atoms with Crippen LogP contribution >= 0.6 is 0 Å². The molecular weight excluding hydrogens is 372 g/mol. The van der Waals surface area contributed by atoms with Gasteiger partial charge < -0.3 is 19.9 Å². The number of piperidine rings is 1. The molecule has 0 amide bonds. The second-order valence-electron chi connectivity index (χ2n) is 8.69. The van der Waals surface area contributed by atoms with E-state index < -0.39 is 24.0 Å². The molecule has 2 aliphatic heterocycles. The number of hydrogen-bond donors (Lipinski definition) is 3. The molecule has 1 saturated carbocycles. The van der Waals surface area contributed by atoms with Crippen molar-refractivity contribution in [3.63, 3.8) is 0 Å². The lowest BCUT2D eigenvalue weighted by atomic mass is 9.64. The third-order valence-electron chi connectivity index (χ3n) is 7.39. The first kappa shape index (κ1) is 18.6. The fourth-order valence-corrected chi connectivity index (χ4v) is 6.08. The van der Waals surface area contributed by atoms with Crippen molar-refractivity contribution in [3.05, 3.63) is 35.5 Å². The highest BCUT2D eigenvalue weighted by Crippen LogP contribution is 2.50. The van der Waals surface area contributed by atoms with Gasteiger partial charge in [-0.25, -0.2) is 0 Å². The number of aliphatic hydroxyl groups is 1. The number of nitrogens with one attached hydrogen (secondary N) is 1. The molecule has 3 heterocycles. The van der Waals surface area contributed by atoms with Gasteiger partial charge in [0.05, 0.1) is 25.2 Å². The molecule has 2 fully saturated rings. The molecule has 7 nitrogen and oxygen atoms in total. The molecule has 1 saturated heterocycles. The van der Waals surface area contributed by atoms with E-state index >= 15 is 0 Å². The van der Waals surface area contributed by atoms with Gasteiger partial charge >= 0.3 is 11.9 Å². The average molecular weight is 398 g/mol. The number of carboxylic acids is 1. The minimum Gasteiger partial charge on any atom is -0.480 e. The summed E-state index contributed by atoms with van der Waals surface area (Å²) in [5.41, 5.74) is 3.14. The van der Waals surface area contributed by atoms with Gasteiger partial charge in [0.2, 0.25) is 0 Å². The summed E-state index contributed by atoms with van der Waals surface area (Å²) < 4.78 is 5.01. The van der Waals surface area contributed by atoms with Gasteiger partial charge in [-0.3, -0.25) is 14.5 Å². The van der Waals surface area contributed by atoms with Crippen LogP contribution in [-0.2, 0) is 20.7 Å². The monoisotopic (exact) mass is 398 g/mol. The number of nitrogens with zero attached hydrogens (tertiary/aromatic N) is 1. The van der Waals surface area contributed by atoms with Crippen LogP contribution in [0.5, 0.6) is 0 Å². The van der Waals surface area contributed by atoms with Crippen LogP contribution in [0, 0.1) is 17.8 Å². The number of benzene rings is 1. The zero-order valence-electron chi connectivity index (χ0n) is 16.4. The standard InChI is InChI=1S/C22H26N2O5/c1-29-22(28)19-13-8-16-20-14(12-4-2-3-5-15(12)23-20)9-17(21(26)27)24(16)10-11(13)6-7-18(19)25/h2-5,11,13,16-19,23,25H,6-10H2,1H3,(H,26,27)/t11-,13-,16-,17+,18-,19-/m0/s1. The van der Waals surface area contributed by atoms with Crippen LogP contribution in [0.25, 0.3) is 10.9 Å². The van der Waals surface area contributed by atoms with E-state index in [4.69, 9.17) is 4.74 Å². The lowest BCUT2D eigenvalue weighted by Gasteiger charge is -2.52. The topological polar surface area (TPSA) is 103 Å². The van der Waals surface area contributed by atoms with Crippen molar-refractivity contribution in [2.45, 2.75) is 43.9 Å². The van der Waals surface area contributed by atoms with E-state index in [0.717, 1.165) is 28.6 Å². The molecule has 0 unspecified atom stereocenters. The molecule has 0 spiro atoms. The number of hydrogen-bond acceptors (Lipinski definition) is 5. The number of carboxylic acid groups (broad SMARTS) is 1. The fourth-order valence-electron chi connectivity index (χ4n) is 6.08. The summed E-state index contributed by atoms with van der Waals surface area (Å²) in [6.07, 6.45) is 1.77. The van der Waals surface area contributed by atoms with Crippen molar-refractivity contribution in [2.24, 2.45) is 17.8 Å². The molecule has 3 aliphatic rings. The molecule has 7 heteroatoms. The predicted octanol–water partition coefficient (Wildman–Crippen LogP) is 2.10. The van der Waals surface area contributed by atoms with E-state index in [1.807, 2.05) is 24.3 Å². The summed E-state index contributed by atoms with van der Waals surface area (Å²) in [6.45, 7) is 0.626. The fraction of sp³-hybridized carbons (Fsp3) is 0.545. The average Bonchev–Trinajstić information content (AvgIpc) is 3.10. The smallest absolute Gasteiger partial charge is 0.321 e. The summed E-state index contributed by atoms with van der Waals surface area (Å²) >= 11 is 0. The summed E-state index contributed by atoms with van der Waals surface area (Å²) in [6, 6.07) is 7.31. The van der Waals surface area contributed by atoms with Gasteiger partial charge in [0.15, 0.2) is 0 Å². The number of aromatic nitrogens is 1. The maximum Gasteiger partial charge on any atom is 0.321 e. The molecule has 0 bridgehead atoms. The number of carbonyl (C=O) groups is 2. The van der Waals surface area contributed by atoms with Crippen LogP contribution in [-0.4, -0.2) is 57.8 Å². The van der Waals surface area contributed by atoms with Crippen molar-refractivity contribution in [1.82, 2.24) is 9.88 Å². The number of esters is 1. The number of aliphatic hydroxyl groups excluding tert-OH is 1. The minimum atomic E-state index is -0.801. The molecule has 1 aliphatic carbocycles. The van der Waals surface area contributed by atoms with Crippen LogP contribution in [0.4, 0.5) is 0 Å². The second-order valence-corrected chi connectivity index (χ2v) is 8.69. The lowest BCUT2D eigenvalue weighted by Crippen LogP contribution is -2.57. The Hall–Kier alpha value is -2.38. The first-order valence-electron chi connectivity index (χ1n) is 10.3. The molecule has 0 radical (unpaired) electrons. The molecule has 2 aromatic rings. The summed E-state index contributed by atoms with van der Waals surface area (Å²) in [4.78, 5) is 30.2. The number of aromatic amines is 1. The normalized spacial score (nSPS) is 34.1. The number of ether oxygens (including phenoxy) is 1. The van der Waals surface area contributed by atoms with Crippen LogP contribution in [0.15, 0.2) is 24.3 Å². The first-order valence-corrected chi connectivity index (χ1v) is 10.3. The van der Waals surface area contributed by atoms with E-state index in [1.54, 1.807) is 0 Å². The number of methoxy groups -OCH3 is 1. The molecule has 1 aromatic heterocycles. The molecule has 3 N–H and O–H groups in total. The maximum atomic E-state index is 12.5. The number of aliphatic carboxylic acids is 1. The number of carbonyl (C=O) groups excluding carboxylic acids is 1. The predicted molar refractivity (Wildman–Crippen MR) is 105 cm³/mol. The van der Waals surface area contributed by atoms with Crippen molar-refractivity contribution >= 4 is 22.8 Å². The first-order chi connectivity index (χ1) is 14.0. The molecule has 154 valence electrons. The number of H-pyrrole nitrogens is 1. The van der Waals surface area contributed by atoms with Crippen molar-refractivity contribution in [2.75, 3.05) is 13.7 Å². The summed E-state index contributed by atoms with van der Waals surface area (Å²) in [7, 11) is 1.37. The molecule has 1 aromatic carbocycles. The Bertz CT molecular complexity index is 969. The van der Waals surface area contributed by atoms with Gasteiger partial charge in [0.25, 0.3) is 0 Å². The number of rotatable bonds is 2. The largest absolute Gasteiger partial charge is 0.480 e. The Labute approximate surface area is 168 Å². The Kier molecular flexibility index (Phi) is 4.40. The lowest BCUT2D eigenvalue weighted by molar-refractivity contribution is -0.164. The van der Waals surface area contributed by atoms with Crippen LogP contribution < -0.4 is 0 Å². The third kappa shape index (κ3) is 2.79. The number of para-hydroxylation sites is 1. The van der Waals surface area contributed by atoms with Gasteiger partial charge in [-0.15, -0.1) is 0 Å². The highest BCUT2D eigenvalue weighted by Gasteiger charge is 2.52. The Morgan fingerprint density at radius 1 is 1.24 bits per heavy atom. The van der Waals surface area contributed by atoms with Gasteiger partial charge in [0.1, 0.15) is 6.04 Å². The van der Waals surface area contributed by atoms with Gasteiger partial charge in [0, 0.05) is 29.6 Å². The minimum absolute atomic E-state index is 0.0146. The quantitative estimate of drug-likeness (QED) is 0.670. The zero-order chi connectivity index (χ0) is 20.3. The zero-order valence-corrected chi connectivity index (χ0v) is 16.4. The van der Waals surface area contributed by atoms with Crippen LogP contribution in [0.2, 0.25) is 0 Å². The van der Waals surface area contributed by atoms with Gasteiger partial charge in [-0.05, 0) is 42.7 Å². The van der Waals surface area contributed by atoms with Crippen molar-refractivity contribution < 1.29 is 24.5 Å². The SMILES string of the molecule is COC(=O)[C@H]1[C@H]2C[C@H]3c4[nH]c5ccccc5c4C[C@H](C(=O)O)N3C[C@@H]2CC[C@@H]1O. The summed E-state index contributed by atoms with van der Waals surface area (Å²) in [5, 5.41) is 21.6. The van der Waals surface area contributed by atoms with E-state index in [0.29, 0.717) is 25.8 Å². The number of fused-ring (bicyclic) bond motifs is 6. The second kappa shape index (κ2) is 6.85. The maximum absolute atomic E-state index is 12.5. The molecule has 29 heavy (non-hydrogen) atoms. The van der Waals surface area contributed by atoms with Crippen molar-refractivity contribution in [1.29, 1.82) is 0 Å². The molecular formula is C22H26N2O5. The van der Waals surface area contributed by atoms with Crippen LogP contribution in [0.1, 0.15) is 36.6 Å². The van der Waals surface area contributed by atoms with Crippen molar-refractivity contribution in [3.8, 4) is 0 Å². The van der Waals surface area contributed by atoms with Gasteiger partial charge in [-0.1, -0.05) is 18.2 Å². The molecule has 5 rings (SSSR count). The Morgan fingerprint density at radius 3 is 2.79 bits per heavy atom. The Morgan fingerprint density at radius 2 is 2.03 bits per heavy atom. The van der Waals surface area contributed by atoms with Crippen LogP contribution in [0.3, 0.4) is 0 Å². The highest BCUT2D eigenvalue weighted by atomic mass is 16.5. The molecule has 6 atom stereocenters. The van der Waals surface area contributed by atoms with Gasteiger partial charge in [-0.2, -0.15) is 0 Å². The summed E-state index contributed by atoms with van der Waals surface area (Å²) in [5.74, 6) is -1.53. The van der Waals surface area contributed by atoms with E-state index in [2.05, 4.69) is 9.88 Å². The van der Waals surface area contributed by atoms with E-state index in [9.17, 15) is 19.8 Å². The van der Waals surface area contributed by atoms with E-state index in [1.165, 1.54) is 7.11 Å². The highest BCUT2D eigenvalue weighted by molar-refractivity contribution is 5.87. The van der Waals surface area contributed by atoms with E-state index in [-0.39, 0.29) is 23.8 Å².